The molecule has 0 aromatic carbocycles. The van der Waals surface area contributed by atoms with Crippen LogP contribution in [0.25, 0.3) is 17.2 Å². The molecular formula is C21H25FN8O2. The fourth-order valence-electron chi connectivity index (χ4n) is 4.55. The Labute approximate surface area is 183 Å². The van der Waals surface area contributed by atoms with Crippen molar-refractivity contribution in [3.63, 3.8) is 0 Å². The van der Waals surface area contributed by atoms with Crippen LogP contribution in [0.3, 0.4) is 0 Å². The predicted octanol–water partition coefficient (Wildman–Crippen LogP) is 2.15. The molecule has 32 heavy (non-hydrogen) atoms. The lowest BCUT2D eigenvalue weighted by atomic mass is 9.91. The fourth-order valence-corrected chi connectivity index (χ4v) is 4.55. The van der Waals surface area contributed by atoms with E-state index in [1.165, 1.54) is 4.40 Å². The van der Waals surface area contributed by atoms with Gasteiger partial charge in [-0.05, 0) is 50.7 Å². The number of amides is 2. The Hall–Kier alpha value is -3.50. The van der Waals surface area contributed by atoms with Gasteiger partial charge in [0.25, 0.3) is 0 Å². The number of carbonyl (C=O) groups is 1. The zero-order valence-electron chi connectivity index (χ0n) is 17.6. The minimum atomic E-state index is -0.566. The van der Waals surface area contributed by atoms with E-state index in [0.29, 0.717) is 17.8 Å². The van der Waals surface area contributed by atoms with E-state index in [1.807, 2.05) is 4.90 Å². The van der Waals surface area contributed by atoms with Crippen LogP contribution in [0.2, 0.25) is 0 Å². The van der Waals surface area contributed by atoms with Crippen molar-refractivity contribution in [2.45, 2.75) is 50.6 Å². The summed E-state index contributed by atoms with van der Waals surface area (Å²) in [6, 6.07) is 5.10. The lowest BCUT2D eigenvalue weighted by Gasteiger charge is -2.32. The van der Waals surface area contributed by atoms with Gasteiger partial charge in [0.05, 0.1) is 11.9 Å². The van der Waals surface area contributed by atoms with Gasteiger partial charge < -0.3 is 15.5 Å². The van der Waals surface area contributed by atoms with Crippen LogP contribution < -0.4 is 16.3 Å². The van der Waals surface area contributed by atoms with Crippen molar-refractivity contribution in [3.05, 3.63) is 40.7 Å². The number of H-pyrrole nitrogens is 1. The number of hydrogen-bond acceptors (Lipinski definition) is 6. The van der Waals surface area contributed by atoms with Crippen molar-refractivity contribution in [2.24, 2.45) is 0 Å². The fraction of sp³-hybridized carbons (Fsp3) is 0.476. The molecular weight excluding hydrogens is 415 g/mol. The molecule has 3 N–H and O–H groups in total. The molecule has 1 saturated carbocycles. The Kier molecular flexibility index (Phi) is 5.46. The van der Waals surface area contributed by atoms with E-state index in [1.54, 1.807) is 18.2 Å². The molecule has 2 amide bonds. The number of nitrogens with one attached hydrogen (secondary N) is 3. The Morgan fingerprint density at radius 3 is 2.81 bits per heavy atom. The molecule has 1 saturated heterocycles. The standard InChI is InChI=1S/C21H25FN8O2/c22-15-12-23-19(16-7-4-8-17-27-28-21(32)30(16)17)26-18(15)24-13-5-3-6-14(11-13)25-20(31)29-9-1-2-10-29/h4,7-8,12-14H,1-3,5-6,9-11H2,(H,25,31)(H,28,32)(H,23,24,26). The van der Waals surface area contributed by atoms with Gasteiger partial charge in [-0.1, -0.05) is 6.07 Å². The van der Waals surface area contributed by atoms with E-state index in [2.05, 4.69) is 30.8 Å². The summed E-state index contributed by atoms with van der Waals surface area (Å²) in [6.45, 7) is 1.61. The maximum atomic E-state index is 14.5. The zero-order valence-corrected chi connectivity index (χ0v) is 17.6. The van der Waals surface area contributed by atoms with Gasteiger partial charge in [0.1, 0.15) is 0 Å². The number of likely N-dealkylation sites (tertiary alicyclic amines) is 1. The first kappa shape index (κ1) is 20.4. The van der Waals surface area contributed by atoms with Gasteiger partial charge in [-0.2, -0.15) is 5.10 Å². The highest BCUT2D eigenvalue weighted by Gasteiger charge is 2.27. The van der Waals surface area contributed by atoms with E-state index in [9.17, 15) is 14.0 Å². The topological polar surface area (TPSA) is 120 Å². The molecule has 2 fully saturated rings. The minimum Gasteiger partial charge on any atom is -0.365 e. The molecule has 2 aliphatic rings. The summed E-state index contributed by atoms with van der Waals surface area (Å²) in [7, 11) is 0. The molecule has 5 rings (SSSR count). The summed E-state index contributed by atoms with van der Waals surface area (Å²) in [5, 5.41) is 12.6. The minimum absolute atomic E-state index is 0.0118. The van der Waals surface area contributed by atoms with Crippen LogP contribution in [-0.2, 0) is 0 Å². The van der Waals surface area contributed by atoms with Crippen molar-refractivity contribution in [3.8, 4) is 11.5 Å². The van der Waals surface area contributed by atoms with E-state index < -0.39 is 11.5 Å². The number of pyridine rings is 1. The van der Waals surface area contributed by atoms with Gasteiger partial charge in [0, 0.05) is 25.2 Å². The number of rotatable bonds is 4. The van der Waals surface area contributed by atoms with Crippen molar-refractivity contribution in [2.75, 3.05) is 18.4 Å². The van der Waals surface area contributed by atoms with E-state index in [0.717, 1.165) is 51.4 Å². The second-order valence-electron chi connectivity index (χ2n) is 8.37. The Morgan fingerprint density at radius 2 is 1.97 bits per heavy atom. The predicted molar refractivity (Wildman–Crippen MR) is 116 cm³/mol. The Morgan fingerprint density at radius 1 is 1.16 bits per heavy atom. The van der Waals surface area contributed by atoms with Crippen LogP contribution in [0.4, 0.5) is 15.0 Å². The lowest BCUT2D eigenvalue weighted by molar-refractivity contribution is 0.199. The first-order chi connectivity index (χ1) is 15.6. The highest BCUT2D eigenvalue weighted by Crippen LogP contribution is 2.25. The van der Waals surface area contributed by atoms with Crippen molar-refractivity contribution >= 4 is 17.5 Å². The summed E-state index contributed by atoms with van der Waals surface area (Å²) in [4.78, 5) is 34.8. The third kappa shape index (κ3) is 4.02. The second-order valence-corrected chi connectivity index (χ2v) is 8.37. The van der Waals surface area contributed by atoms with Gasteiger partial charge in [0.2, 0.25) is 0 Å². The van der Waals surface area contributed by atoms with E-state index in [4.69, 9.17) is 0 Å². The number of aromatic amines is 1. The van der Waals surface area contributed by atoms with Crippen LogP contribution in [0.1, 0.15) is 38.5 Å². The smallest absolute Gasteiger partial charge is 0.348 e. The summed E-state index contributed by atoms with van der Waals surface area (Å²) in [6.07, 6.45) is 6.57. The molecule has 2 unspecified atom stereocenters. The van der Waals surface area contributed by atoms with Crippen LogP contribution in [0.15, 0.2) is 29.2 Å². The number of fused-ring (bicyclic) bond motifs is 1. The van der Waals surface area contributed by atoms with E-state index >= 15 is 0 Å². The molecule has 168 valence electrons. The summed E-state index contributed by atoms with van der Waals surface area (Å²) in [5.74, 6) is -0.263. The average Bonchev–Trinajstić information content (AvgIpc) is 3.46. The van der Waals surface area contributed by atoms with Gasteiger partial charge in [-0.3, -0.25) is 0 Å². The van der Waals surface area contributed by atoms with Crippen molar-refractivity contribution in [1.82, 2.24) is 34.8 Å². The largest absolute Gasteiger partial charge is 0.365 e. The number of anilines is 1. The summed E-state index contributed by atoms with van der Waals surface area (Å²) < 4.78 is 15.9. The molecule has 1 aliphatic carbocycles. The maximum Gasteiger partial charge on any atom is 0.348 e. The SMILES string of the molecule is O=C(NC1CCCC(Nc2nc(-c3cccc4n[nH]c(=O)n34)ncc2F)C1)N1CCCC1. The molecule has 3 aromatic rings. The molecule has 0 radical (unpaired) electrons. The van der Waals surface area contributed by atoms with E-state index in [-0.39, 0.29) is 29.8 Å². The molecule has 0 bridgehead atoms. The summed E-state index contributed by atoms with van der Waals surface area (Å²) >= 11 is 0. The number of hydrogen-bond donors (Lipinski definition) is 3. The van der Waals surface area contributed by atoms with Gasteiger partial charge in [-0.25, -0.2) is 33.4 Å². The van der Waals surface area contributed by atoms with Gasteiger partial charge in [0.15, 0.2) is 23.1 Å². The average molecular weight is 440 g/mol. The third-order valence-corrected chi connectivity index (χ3v) is 6.15. The normalized spacial score (nSPS) is 21.1. The monoisotopic (exact) mass is 440 g/mol. The molecule has 10 nitrogen and oxygen atoms in total. The zero-order chi connectivity index (χ0) is 22.1. The highest BCUT2D eigenvalue weighted by molar-refractivity contribution is 5.74. The lowest BCUT2D eigenvalue weighted by Crippen LogP contribution is -2.47. The molecule has 0 spiro atoms. The first-order valence-corrected chi connectivity index (χ1v) is 11.0. The number of halogens is 1. The second kappa shape index (κ2) is 8.56. The van der Waals surface area contributed by atoms with Crippen molar-refractivity contribution < 1.29 is 9.18 Å². The number of nitrogens with zero attached hydrogens (tertiary/aromatic N) is 5. The number of urea groups is 1. The van der Waals surface area contributed by atoms with Crippen LogP contribution in [-0.4, -0.2) is 60.7 Å². The maximum absolute atomic E-state index is 14.5. The van der Waals surface area contributed by atoms with Crippen LogP contribution in [0, 0.1) is 5.82 Å². The molecule has 4 heterocycles. The number of carbonyl (C=O) groups excluding carboxylic acids is 1. The third-order valence-electron chi connectivity index (χ3n) is 6.15. The van der Waals surface area contributed by atoms with Crippen LogP contribution in [0.5, 0.6) is 0 Å². The Balaban J connectivity index is 1.32. The highest BCUT2D eigenvalue weighted by atomic mass is 19.1. The number of aromatic nitrogens is 5. The summed E-state index contributed by atoms with van der Waals surface area (Å²) in [5.41, 5.74) is 0.435. The first-order valence-electron chi connectivity index (χ1n) is 11.0. The molecule has 2 atom stereocenters. The van der Waals surface area contributed by atoms with Crippen LogP contribution >= 0.6 is 0 Å². The van der Waals surface area contributed by atoms with Crippen molar-refractivity contribution in [1.29, 1.82) is 0 Å². The van der Waals surface area contributed by atoms with Gasteiger partial charge in [-0.15, -0.1) is 0 Å². The quantitative estimate of drug-likeness (QED) is 0.572. The molecule has 1 aliphatic heterocycles. The molecule has 11 heteroatoms. The molecule has 3 aromatic heterocycles. The van der Waals surface area contributed by atoms with Gasteiger partial charge >= 0.3 is 11.7 Å². The Bertz CT molecular complexity index is 1190.